The van der Waals surface area contributed by atoms with Crippen LogP contribution in [0.1, 0.15) is 53.4 Å². The Morgan fingerprint density at radius 1 is 1.32 bits per heavy atom. The number of carbonyl (C=O) groups excluding carboxylic acids is 2. The van der Waals surface area contributed by atoms with E-state index in [2.05, 4.69) is 26.1 Å². The van der Waals surface area contributed by atoms with Crippen molar-refractivity contribution < 1.29 is 14.3 Å². The number of carbonyl (C=O) groups is 2. The molecule has 1 fully saturated rings. The molecule has 19 heavy (non-hydrogen) atoms. The minimum absolute atomic E-state index is 0.0162. The van der Waals surface area contributed by atoms with Crippen molar-refractivity contribution in [2.75, 3.05) is 13.2 Å². The molecule has 0 heterocycles. The second-order valence-corrected chi connectivity index (χ2v) is 5.98. The third-order valence-corrected chi connectivity index (χ3v) is 4.42. The number of ether oxygens (including phenoxy) is 1. The van der Waals surface area contributed by atoms with Crippen LogP contribution in [0, 0.1) is 17.3 Å². The summed E-state index contributed by atoms with van der Waals surface area (Å²) in [6.07, 6.45) is 4.01. The lowest BCUT2D eigenvalue weighted by Gasteiger charge is -2.41. The van der Waals surface area contributed by atoms with Crippen LogP contribution in [0.5, 0.6) is 0 Å². The summed E-state index contributed by atoms with van der Waals surface area (Å²) in [5.41, 5.74) is -0.307. The molecule has 1 N–H and O–H groups in total. The van der Waals surface area contributed by atoms with E-state index in [9.17, 15) is 9.59 Å². The molecule has 0 bridgehead atoms. The van der Waals surface area contributed by atoms with E-state index in [4.69, 9.17) is 4.74 Å². The third kappa shape index (κ3) is 3.95. The molecule has 0 aliphatic heterocycles. The van der Waals surface area contributed by atoms with Crippen molar-refractivity contribution in [1.82, 2.24) is 5.32 Å². The molecule has 0 atom stereocenters. The van der Waals surface area contributed by atoms with Gasteiger partial charge in [-0.3, -0.25) is 9.59 Å². The molecule has 1 saturated carbocycles. The van der Waals surface area contributed by atoms with Gasteiger partial charge in [0.2, 0.25) is 5.91 Å². The summed E-state index contributed by atoms with van der Waals surface area (Å²) in [5, 5.41) is 2.76. The first-order valence-corrected chi connectivity index (χ1v) is 7.36. The molecule has 1 aliphatic carbocycles. The Balaban J connectivity index is 2.61. The summed E-state index contributed by atoms with van der Waals surface area (Å²) in [6, 6.07) is 0. The van der Waals surface area contributed by atoms with E-state index in [1.807, 2.05) is 0 Å². The van der Waals surface area contributed by atoms with E-state index in [1.165, 1.54) is 0 Å². The van der Waals surface area contributed by atoms with Gasteiger partial charge in [-0.25, -0.2) is 0 Å². The quantitative estimate of drug-likeness (QED) is 0.780. The summed E-state index contributed by atoms with van der Waals surface area (Å²) in [7, 11) is 0. The first-order valence-electron chi connectivity index (χ1n) is 7.36. The second-order valence-electron chi connectivity index (χ2n) is 5.98. The zero-order chi connectivity index (χ0) is 14.5. The highest BCUT2D eigenvalue weighted by Gasteiger charge is 2.43. The van der Waals surface area contributed by atoms with Crippen molar-refractivity contribution in [1.29, 1.82) is 0 Å². The van der Waals surface area contributed by atoms with E-state index in [-0.39, 0.29) is 23.8 Å². The van der Waals surface area contributed by atoms with Crippen LogP contribution in [0.15, 0.2) is 0 Å². The number of nitrogens with one attached hydrogen (secondary N) is 1. The van der Waals surface area contributed by atoms with Crippen molar-refractivity contribution in [2.24, 2.45) is 17.3 Å². The number of amides is 1. The van der Waals surface area contributed by atoms with Crippen molar-refractivity contribution in [3.05, 3.63) is 0 Å². The highest BCUT2D eigenvalue weighted by atomic mass is 16.5. The second kappa shape index (κ2) is 6.92. The molecule has 0 aromatic carbocycles. The van der Waals surface area contributed by atoms with Crippen LogP contribution in [-0.4, -0.2) is 25.0 Å². The first-order chi connectivity index (χ1) is 8.92. The van der Waals surface area contributed by atoms with Gasteiger partial charge in [-0.15, -0.1) is 0 Å². The van der Waals surface area contributed by atoms with E-state index < -0.39 is 0 Å². The first kappa shape index (κ1) is 16.0. The fourth-order valence-electron chi connectivity index (χ4n) is 2.88. The van der Waals surface area contributed by atoms with Crippen molar-refractivity contribution in [3.63, 3.8) is 0 Å². The lowest BCUT2D eigenvalue weighted by molar-refractivity contribution is -0.146. The van der Waals surface area contributed by atoms with Crippen LogP contribution in [0.25, 0.3) is 0 Å². The lowest BCUT2D eigenvalue weighted by Crippen LogP contribution is -2.48. The molecular formula is C15H27NO3. The molecule has 4 heteroatoms. The summed E-state index contributed by atoms with van der Waals surface area (Å²) in [5.74, 6) is 0.647. The van der Waals surface area contributed by atoms with Crippen LogP contribution in [-0.2, 0) is 14.3 Å². The number of hydrogen-bond donors (Lipinski definition) is 1. The molecule has 0 aromatic heterocycles. The number of hydrogen-bond acceptors (Lipinski definition) is 3. The predicted octanol–water partition coefficient (Wildman–Crippen LogP) is 2.52. The van der Waals surface area contributed by atoms with Crippen molar-refractivity contribution in [2.45, 2.75) is 53.4 Å². The average molecular weight is 269 g/mol. The van der Waals surface area contributed by atoms with Gasteiger partial charge in [0, 0.05) is 0 Å². The van der Waals surface area contributed by atoms with E-state index in [0.717, 1.165) is 25.7 Å². The highest BCUT2D eigenvalue weighted by molar-refractivity contribution is 5.86. The molecule has 0 saturated heterocycles. The molecule has 1 rings (SSSR count). The lowest BCUT2D eigenvalue weighted by atomic mass is 9.64. The van der Waals surface area contributed by atoms with Crippen LogP contribution >= 0.6 is 0 Å². The van der Waals surface area contributed by atoms with Gasteiger partial charge in [0.15, 0.2) is 0 Å². The van der Waals surface area contributed by atoms with Gasteiger partial charge in [0.1, 0.15) is 6.54 Å². The normalized spacial score (nSPS) is 27.1. The largest absolute Gasteiger partial charge is 0.465 e. The monoisotopic (exact) mass is 269 g/mol. The zero-order valence-electron chi connectivity index (χ0n) is 12.6. The van der Waals surface area contributed by atoms with Crippen molar-refractivity contribution in [3.8, 4) is 0 Å². The Bertz CT molecular complexity index is 317. The minimum atomic E-state index is -0.362. The Hall–Kier alpha value is -1.06. The Morgan fingerprint density at radius 2 is 1.89 bits per heavy atom. The molecule has 1 aliphatic rings. The predicted molar refractivity (Wildman–Crippen MR) is 74.5 cm³/mol. The van der Waals surface area contributed by atoms with E-state index >= 15 is 0 Å². The number of rotatable bonds is 5. The van der Waals surface area contributed by atoms with Crippen LogP contribution in [0.2, 0.25) is 0 Å². The Labute approximate surface area is 116 Å². The molecule has 4 nitrogen and oxygen atoms in total. The van der Waals surface area contributed by atoms with Gasteiger partial charge in [-0.2, -0.15) is 0 Å². The van der Waals surface area contributed by atoms with Crippen LogP contribution in [0.4, 0.5) is 0 Å². The molecular weight excluding hydrogens is 242 g/mol. The maximum atomic E-state index is 12.5. The van der Waals surface area contributed by atoms with Gasteiger partial charge in [-0.1, -0.05) is 20.8 Å². The number of esters is 1. The molecule has 110 valence electrons. The van der Waals surface area contributed by atoms with E-state index in [1.54, 1.807) is 6.92 Å². The molecule has 0 aromatic rings. The zero-order valence-corrected chi connectivity index (χ0v) is 12.6. The van der Waals surface area contributed by atoms with Gasteiger partial charge in [-0.05, 0) is 44.4 Å². The standard InChI is InChI=1S/C15H27NO3/c1-5-19-13(17)10-16-14(18)15(11(2)3)8-6-12(4)7-9-15/h11-12H,5-10H2,1-4H3,(H,16,18). The van der Waals surface area contributed by atoms with Gasteiger partial charge in [0.25, 0.3) is 0 Å². The maximum Gasteiger partial charge on any atom is 0.325 e. The fourth-order valence-corrected chi connectivity index (χ4v) is 2.88. The third-order valence-electron chi connectivity index (χ3n) is 4.42. The topological polar surface area (TPSA) is 55.4 Å². The minimum Gasteiger partial charge on any atom is -0.465 e. The summed E-state index contributed by atoms with van der Waals surface area (Å²) >= 11 is 0. The molecule has 1 amide bonds. The maximum absolute atomic E-state index is 12.5. The van der Waals surface area contributed by atoms with Gasteiger partial charge >= 0.3 is 5.97 Å². The Morgan fingerprint density at radius 3 is 2.37 bits per heavy atom. The van der Waals surface area contributed by atoms with Crippen LogP contribution < -0.4 is 5.32 Å². The van der Waals surface area contributed by atoms with Gasteiger partial charge in [0.05, 0.1) is 12.0 Å². The summed E-state index contributed by atoms with van der Waals surface area (Å²) in [6.45, 7) is 8.52. The van der Waals surface area contributed by atoms with Gasteiger partial charge < -0.3 is 10.1 Å². The van der Waals surface area contributed by atoms with Crippen molar-refractivity contribution >= 4 is 11.9 Å². The van der Waals surface area contributed by atoms with E-state index in [0.29, 0.717) is 18.4 Å². The summed E-state index contributed by atoms with van der Waals surface area (Å²) in [4.78, 5) is 23.8. The SMILES string of the molecule is CCOC(=O)CNC(=O)C1(C(C)C)CCC(C)CC1. The average Bonchev–Trinajstić information content (AvgIpc) is 2.37. The Kier molecular flexibility index (Phi) is 5.83. The fraction of sp³-hybridized carbons (Fsp3) is 0.867. The molecule has 0 radical (unpaired) electrons. The smallest absolute Gasteiger partial charge is 0.325 e. The molecule has 0 unspecified atom stereocenters. The summed E-state index contributed by atoms with van der Waals surface area (Å²) < 4.78 is 4.84. The van der Waals surface area contributed by atoms with Crippen LogP contribution in [0.3, 0.4) is 0 Å². The molecule has 0 spiro atoms. The highest BCUT2D eigenvalue weighted by Crippen LogP contribution is 2.44.